The molecule has 0 radical (unpaired) electrons. The van der Waals surface area contributed by atoms with Crippen LogP contribution in [0.1, 0.15) is 16.2 Å². The minimum Gasteiger partial charge on any atom is -0.480 e. The summed E-state index contributed by atoms with van der Waals surface area (Å²) in [5.41, 5.74) is 0.154. The van der Waals surface area contributed by atoms with Gasteiger partial charge in [0.25, 0.3) is 5.22 Å². The van der Waals surface area contributed by atoms with Gasteiger partial charge in [-0.1, -0.05) is 0 Å². The number of hydrogen-bond acceptors (Lipinski definition) is 7. The van der Waals surface area contributed by atoms with E-state index in [1.807, 2.05) is 0 Å². The lowest BCUT2D eigenvalue weighted by Crippen LogP contribution is -2.27. The summed E-state index contributed by atoms with van der Waals surface area (Å²) >= 11 is 0.899. The number of carboxylic acid groups (broad SMARTS) is 1. The molecule has 1 N–H and O–H groups in total. The number of hydrogen-bond donors (Lipinski definition) is 1. The van der Waals surface area contributed by atoms with Gasteiger partial charge in [-0.2, -0.15) is 0 Å². The zero-order chi connectivity index (χ0) is 15.9. The molecule has 0 saturated heterocycles. The number of fused-ring (bicyclic) bond motifs is 1. The highest BCUT2D eigenvalue weighted by atomic mass is 32.2. The Hall–Kier alpha value is -2.55. The number of aliphatic imine (C=N–C) groups is 1. The average molecular weight is 321 g/mol. The van der Waals surface area contributed by atoms with E-state index in [0.29, 0.717) is 5.89 Å². The maximum atomic E-state index is 14.1. The van der Waals surface area contributed by atoms with Gasteiger partial charge in [0.2, 0.25) is 5.89 Å². The molecule has 1 atom stereocenters. The molecule has 22 heavy (non-hydrogen) atoms. The molecule has 1 aliphatic rings. The van der Waals surface area contributed by atoms with Gasteiger partial charge in [-0.25, -0.2) is 4.39 Å². The van der Waals surface area contributed by atoms with Crippen molar-refractivity contribution in [2.24, 2.45) is 10.9 Å². The maximum Gasteiger partial charge on any atom is 0.319 e. The van der Waals surface area contributed by atoms with Gasteiger partial charge in [-0.3, -0.25) is 14.6 Å². The summed E-state index contributed by atoms with van der Waals surface area (Å²) < 4.78 is 19.3. The number of ketones is 1. The number of halogens is 1. The first-order chi connectivity index (χ1) is 10.5. The number of benzene rings is 1. The molecule has 0 aliphatic carbocycles. The Labute approximate surface area is 127 Å². The number of carbonyl (C=O) groups is 2. The minimum atomic E-state index is -1.39. The predicted molar refractivity (Wildman–Crippen MR) is 73.2 cm³/mol. The van der Waals surface area contributed by atoms with Gasteiger partial charge < -0.3 is 9.52 Å². The van der Waals surface area contributed by atoms with Gasteiger partial charge in [-0.15, -0.1) is 10.2 Å². The number of aromatic nitrogens is 2. The molecule has 1 aromatic carbocycles. The van der Waals surface area contributed by atoms with Crippen LogP contribution in [-0.2, 0) is 4.79 Å². The average Bonchev–Trinajstić information content (AvgIpc) is 2.86. The van der Waals surface area contributed by atoms with E-state index in [1.165, 1.54) is 6.07 Å². The van der Waals surface area contributed by atoms with E-state index in [4.69, 9.17) is 9.52 Å². The number of nitrogens with zero attached hydrogens (tertiary/aromatic N) is 3. The summed E-state index contributed by atoms with van der Waals surface area (Å²) in [6.07, 6.45) is 1.04. The Morgan fingerprint density at radius 1 is 1.41 bits per heavy atom. The molecule has 0 spiro atoms. The van der Waals surface area contributed by atoms with Crippen molar-refractivity contribution in [3.05, 3.63) is 29.4 Å². The van der Waals surface area contributed by atoms with Crippen molar-refractivity contribution >= 4 is 35.4 Å². The topological polar surface area (TPSA) is 106 Å². The van der Waals surface area contributed by atoms with Crippen LogP contribution in [0.4, 0.5) is 10.1 Å². The highest BCUT2D eigenvalue weighted by molar-refractivity contribution is 7.99. The zero-order valence-corrected chi connectivity index (χ0v) is 11.9. The van der Waals surface area contributed by atoms with Crippen LogP contribution in [0.2, 0.25) is 0 Å². The van der Waals surface area contributed by atoms with Crippen LogP contribution in [-0.4, -0.2) is 33.3 Å². The van der Waals surface area contributed by atoms with Gasteiger partial charge >= 0.3 is 5.97 Å². The summed E-state index contributed by atoms with van der Waals surface area (Å²) in [6.45, 7) is 1.61. The number of rotatable bonds is 3. The van der Waals surface area contributed by atoms with Gasteiger partial charge in [-0.05, 0) is 23.9 Å². The van der Waals surface area contributed by atoms with Crippen molar-refractivity contribution in [3.8, 4) is 0 Å². The number of carbonyl (C=O) groups excluding carboxylic acids is 1. The molecule has 2 heterocycles. The molecule has 0 bridgehead atoms. The lowest BCUT2D eigenvalue weighted by Gasteiger charge is -2.15. The fourth-order valence-corrected chi connectivity index (χ4v) is 2.66. The Morgan fingerprint density at radius 3 is 2.82 bits per heavy atom. The Morgan fingerprint density at radius 2 is 2.18 bits per heavy atom. The van der Waals surface area contributed by atoms with Crippen LogP contribution in [0.5, 0.6) is 0 Å². The molecular formula is C13H8FN3O4S. The smallest absolute Gasteiger partial charge is 0.319 e. The van der Waals surface area contributed by atoms with E-state index in [-0.39, 0.29) is 21.4 Å². The van der Waals surface area contributed by atoms with Crippen molar-refractivity contribution in [1.82, 2.24) is 10.2 Å². The van der Waals surface area contributed by atoms with Crippen molar-refractivity contribution in [2.45, 2.75) is 17.0 Å². The molecule has 7 nitrogen and oxygen atoms in total. The van der Waals surface area contributed by atoms with Crippen LogP contribution < -0.4 is 0 Å². The number of Topliss-reactive ketones (excluding diaryl/α,β-unsaturated/α-hetero) is 1. The van der Waals surface area contributed by atoms with Crippen molar-refractivity contribution in [3.63, 3.8) is 0 Å². The van der Waals surface area contributed by atoms with E-state index in [0.717, 1.165) is 24.0 Å². The third kappa shape index (κ3) is 2.50. The number of aliphatic carboxylic acids is 1. The summed E-state index contributed by atoms with van der Waals surface area (Å²) in [5.74, 6) is -3.74. The minimum absolute atomic E-state index is 0.0570. The van der Waals surface area contributed by atoms with Crippen LogP contribution in [0.15, 0.2) is 31.7 Å². The molecule has 3 rings (SSSR count). The molecule has 1 unspecified atom stereocenters. The second-order valence-corrected chi connectivity index (χ2v) is 5.44. The largest absolute Gasteiger partial charge is 0.480 e. The standard InChI is InChI=1S/C13H8FN3O4S/c1-5-16-17-13(21-5)22-10-3-9-6(2-8(10)14)11(18)7(4-15-9)12(19)20/h2-4,7H,1H3,(H,19,20). The van der Waals surface area contributed by atoms with Crippen molar-refractivity contribution in [1.29, 1.82) is 0 Å². The molecule has 9 heteroatoms. The summed E-state index contributed by atoms with van der Waals surface area (Å²) in [7, 11) is 0. The maximum absolute atomic E-state index is 14.1. The van der Waals surface area contributed by atoms with E-state index >= 15 is 0 Å². The quantitative estimate of drug-likeness (QED) is 0.864. The molecule has 0 fully saturated rings. The summed E-state index contributed by atoms with van der Waals surface area (Å²) in [4.78, 5) is 27.0. The fourth-order valence-electron chi connectivity index (χ4n) is 1.90. The Balaban J connectivity index is 1.97. The van der Waals surface area contributed by atoms with Crippen LogP contribution in [0, 0.1) is 18.7 Å². The fraction of sp³-hybridized carbons (Fsp3) is 0.154. The van der Waals surface area contributed by atoms with Crippen LogP contribution in [0.3, 0.4) is 0 Å². The Kier molecular flexibility index (Phi) is 3.49. The lowest BCUT2D eigenvalue weighted by atomic mass is 9.95. The summed E-state index contributed by atoms with van der Waals surface area (Å²) in [6, 6.07) is 2.33. The second kappa shape index (κ2) is 5.34. The first-order valence-corrected chi connectivity index (χ1v) is 6.90. The van der Waals surface area contributed by atoms with Crippen molar-refractivity contribution in [2.75, 3.05) is 0 Å². The van der Waals surface area contributed by atoms with E-state index < -0.39 is 23.5 Å². The summed E-state index contributed by atoms with van der Waals surface area (Å²) in [5, 5.41) is 16.4. The molecule has 112 valence electrons. The number of aryl methyl sites for hydroxylation is 1. The molecule has 0 saturated carbocycles. The van der Waals surface area contributed by atoms with Gasteiger partial charge in [0.1, 0.15) is 5.82 Å². The molecule has 1 aliphatic heterocycles. The molecule has 0 amide bonds. The first-order valence-electron chi connectivity index (χ1n) is 6.08. The van der Waals surface area contributed by atoms with Gasteiger partial charge in [0, 0.05) is 18.7 Å². The van der Waals surface area contributed by atoms with E-state index in [9.17, 15) is 14.0 Å². The highest BCUT2D eigenvalue weighted by Gasteiger charge is 2.31. The van der Waals surface area contributed by atoms with E-state index in [1.54, 1.807) is 6.92 Å². The SMILES string of the molecule is Cc1nnc(Sc2cc3c(cc2F)C(=O)C(C(=O)O)C=N3)o1. The van der Waals surface area contributed by atoms with Crippen LogP contribution >= 0.6 is 11.8 Å². The highest BCUT2D eigenvalue weighted by Crippen LogP contribution is 2.36. The number of carboxylic acids is 1. The molecule has 1 aromatic heterocycles. The third-order valence-corrected chi connectivity index (χ3v) is 3.80. The predicted octanol–water partition coefficient (Wildman–Crippen LogP) is 2.27. The Bertz CT molecular complexity index is 818. The van der Waals surface area contributed by atoms with Crippen molar-refractivity contribution < 1.29 is 23.5 Å². The van der Waals surface area contributed by atoms with Crippen LogP contribution in [0.25, 0.3) is 0 Å². The first kappa shape index (κ1) is 14.4. The monoisotopic (exact) mass is 321 g/mol. The third-order valence-electron chi connectivity index (χ3n) is 2.93. The second-order valence-electron chi connectivity index (χ2n) is 4.45. The zero-order valence-electron chi connectivity index (χ0n) is 11.1. The van der Waals surface area contributed by atoms with Gasteiger partial charge in [0.05, 0.1) is 10.6 Å². The van der Waals surface area contributed by atoms with E-state index in [2.05, 4.69) is 15.2 Å². The molecular weight excluding hydrogens is 313 g/mol. The lowest BCUT2D eigenvalue weighted by molar-refractivity contribution is -0.137. The van der Waals surface area contributed by atoms with Gasteiger partial charge in [0.15, 0.2) is 11.7 Å². The normalized spacial score (nSPS) is 16.6. The molecule has 2 aromatic rings.